The normalized spacial score (nSPS) is 10.1. The molecule has 1 heterocycles. The van der Waals surface area contributed by atoms with E-state index in [9.17, 15) is 10.1 Å². The van der Waals surface area contributed by atoms with Gasteiger partial charge in [0, 0.05) is 12.6 Å². The molecule has 0 N–H and O–H groups in total. The average molecular weight is 265 g/mol. The number of nitrogens with zero attached hydrogens (tertiary/aromatic N) is 5. The van der Waals surface area contributed by atoms with Gasteiger partial charge in [0.25, 0.3) is 0 Å². The van der Waals surface area contributed by atoms with Gasteiger partial charge in [-0.2, -0.15) is 0 Å². The van der Waals surface area contributed by atoms with Gasteiger partial charge in [-0.3, -0.25) is 15.1 Å². The van der Waals surface area contributed by atoms with Crippen molar-refractivity contribution < 1.29 is 9.55 Å². The Bertz CT molecular complexity index is 649. The number of thiocarbonyl (C=S) groups is 1. The van der Waals surface area contributed by atoms with Crippen LogP contribution in [0.25, 0.3) is 11.0 Å². The number of nitro benzene ring substituents is 1. The van der Waals surface area contributed by atoms with Gasteiger partial charge in [0.15, 0.2) is 5.52 Å². The molecule has 0 bridgehead atoms. The summed E-state index contributed by atoms with van der Waals surface area (Å²) in [6, 6.07) is 2.84. The number of rotatable bonds is 4. The molecule has 0 amide bonds. The first-order chi connectivity index (χ1) is 8.69. The molecule has 92 valence electrons. The number of hydrazone groups is 1. The SMILES string of the molecule is CCN(N=C=S)c1ccc([N+](=O)[O-])c2nonc12. The molecule has 0 unspecified atom stereocenters. The summed E-state index contributed by atoms with van der Waals surface area (Å²) < 4.78 is 4.55. The van der Waals surface area contributed by atoms with Gasteiger partial charge in [0.1, 0.15) is 0 Å². The smallest absolute Gasteiger partial charge is 0.258 e. The minimum atomic E-state index is -0.547. The van der Waals surface area contributed by atoms with Crippen molar-refractivity contribution in [2.75, 3.05) is 11.6 Å². The largest absolute Gasteiger partial charge is 0.300 e. The summed E-state index contributed by atoms with van der Waals surface area (Å²) in [5.74, 6) is 0. The van der Waals surface area contributed by atoms with Crippen LogP contribution < -0.4 is 5.01 Å². The molecule has 1 aromatic carbocycles. The van der Waals surface area contributed by atoms with Crippen molar-refractivity contribution in [3.63, 3.8) is 0 Å². The van der Waals surface area contributed by atoms with Crippen LogP contribution in [-0.2, 0) is 0 Å². The van der Waals surface area contributed by atoms with Crippen LogP contribution in [-0.4, -0.2) is 26.9 Å². The number of benzene rings is 1. The maximum Gasteiger partial charge on any atom is 0.300 e. The highest BCUT2D eigenvalue weighted by Gasteiger charge is 2.21. The lowest BCUT2D eigenvalue weighted by atomic mass is 10.2. The highest BCUT2D eigenvalue weighted by Crippen LogP contribution is 2.31. The first kappa shape index (κ1) is 12.1. The Morgan fingerprint density at radius 2 is 2.28 bits per heavy atom. The molecular weight excluding hydrogens is 258 g/mol. The molecule has 2 rings (SSSR count). The molecular formula is C9H7N5O3S. The van der Waals surface area contributed by atoms with Gasteiger partial charge in [-0.15, -0.1) is 5.10 Å². The van der Waals surface area contributed by atoms with E-state index in [1.165, 1.54) is 17.1 Å². The van der Waals surface area contributed by atoms with Crippen molar-refractivity contribution in [1.29, 1.82) is 0 Å². The second-order valence-electron chi connectivity index (χ2n) is 3.23. The fourth-order valence-electron chi connectivity index (χ4n) is 1.54. The van der Waals surface area contributed by atoms with Gasteiger partial charge in [0.2, 0.25) is 5.52 Å². The van der Waals surface area contributed by atoms with Crippen LogP contribution in [0.1, 0.15) is 6.92 Å². The van der Waals surface area contributed by atoms with Crippen molar-refractivity contribution in [3.8, 4) is 0 Å². The lowest BCUT2D eigenvalue weighted by molar-refractivity contribution is -0.383. The van der Waals surface area contributed by atoms with Gasteiger partial charge in [0.05, 0.1) is 15.8 Å². The Morgan fingerprint density at radius 1 is 1.56 bits per heavy atom. The van der Waals surface area contributed by atoms with Gasteiger partial charge >= 0.3 is 5.69 Å². The standard InChI is InChI=1S/C9H7N5O3S/c1-2-13(10-5-18)6-3-4-7(14(15)16)9-8(6)11-17-12-9/h3-4H,2H2,1H3. The van der Waals surface area contributed by atoms with Crippen molar-refractivity contribution in [3.05, 3.63) is 22.2 Å². The molecule has 2 aromatic rings. The Labute approximate surface area is 106 Å². The summed E-state index contributed by atoms with van der Waals surface area (Å²) in [6.07, 6.45) is 0. The van der Waals surface area contributed by atoms with Crippen molar-refractivity contribution in [2.24, 2.45) is 5.10 Å². The second-order valence-corrected chi connectivity index (χ2v) is 3.41. The van der Waals surface area contributed by atoms with Gasteiger partial charge in [-0.05, 0) is 35.5 Å². The van der Waals surface area contributed by atoms with Crippen molar-refractivity contribution >= 4 is 39.8 Å². The number of isothiocyanates is 1. The van der Waals surface area contributed by atoms with Gasteiger partial charge in [-0.25, -0.2) is 4.63 Å². The van der Waals surface area contributed by atoms with E-state index in [0.29, 0.717) is 12.2 Å². The van der Waals surface area contributed by atoms with Crippen LogP contribution in [0.5, 0.6) is 0 Å². The molecule has 0 saturated carbocycles. The number of non-ortho nitro benzene ring substituents is 1. The zero-order valence-electron chi connectivity index (χ0n) is 9.23. The first-order valence-electron chi connectivity index (χ1n) is 4.94. The Morgan fingerprint density at radius 3 is 2.89 bits per heavy atom. The summed E-state index contributed by atoms with van der Waals surface area (Å²) in [5.41, 5.74) is 0.699. The Hall–Kier alpha value is -2.38. The number of fused-ring (bicyclic) bond motifs is 1. The molecule has 0 fully saturated rings. The van der Waals surface area contributed by atoms with Crippen LogP contribution in [0.2, 0.25) is 0 Å². The van der Waals surface area contributed by atoms with Crippen molar-refractivity contribution in [1.82, 2.24) is 10.3 Å². The molecule has 9 heteroatoms. The first-order valence-corrected chi connectivity index (χ1v) is 5.34. The van der Waals surface area contributed by atoms with Crippen molar-refractivity contribution in [2.45, 2.75) is 6.92 Å². The van der Waals surface area contributed by atoms with E-state index in [1.807, 2.05) is 6.92 Å². The lowest BCUT2D eigenvalue weighted by Gasteiger charge is -2.14. The van der Waals surface area contributed by atoms with Crippen LogP contribution in [0, 0.1) is 10.1 Å². The zero-order valence-corrected chi connectivity index (χ0v) is 10.0. The summed E-state index contributed by atoms with van der Waals surface area (Å²) in [7, 11) is 0. The minimum absolute atomic E-state index is 0.0792. The highest BCUT2D eigenvalue weighted by molar-refractivity contribution is 7.78. The number of anilines is 1. The Kier molecular flexibility index (Phi) is 3.26. The van der Waals surface area contributed by atoms with E-state index in [2.05, 4.69) is 37.4 Å². The molecule has 0 aliphatic heterocycles. The summed E-state index contributed by atoms with van der Waals surface area (Å²) in [6.45, 7) is 2.35. The van der Waals surface area contributed by atoms with E-state index < -0.39 is 4.92 Å². The number of hydrogen-bond donors (Lipinski definition) is 0. The van der Waals surface area contributed by atoms with Crippen LogP contribution in [0.3, 0.4) is 0 Å². The topological polar surface area (TPSA) is 97.7 Å². The van der Waals surface area contributed by atoms with E-state index in [0.717, 1.165) is 0 Å². The average Bonchev–Trinajstić information content (AvgIpc) is 2.83. The monoisotopic (exact) mass is 265 g/mol. The van der Waals surface area contributed by atoms with E-state index in [1.54, 1.807) is 0 Å². The Balaban J connectivity index is 2.67. The second kappa shape index (κ2) is 4.86. The molecule has 0 radical (unpaired) electrons. The zero-order chi connectivity index (χ0) is 13.1. The van der Waals surface area contributed by atoms with Crippen LogP contribution in [0.15, 0.2) is 21.9 Å². The minimum Gasteiger partial charge on any atom is -0.258 e. The third-order valence-electron chi connectivity index (χ3n) is 2.31. The van der Waals surface area contributed by atoms with Crippen LogP contribution >= 0.6 is 12.2 Å². The van der Waals surface area contributed by atoms with Crippen LogP contribution in [0.4, 0.5) is 11.4 Å². The fraction of sp³-hybridized carbons (Fsp3) is 0.222. The quantitative estimate of drug-likeness (QED) is 0.360. The predicted octanol–water partition coefficient (Wildman–Crippen LogP) is 1.98. The molecule has 0 atom stereocenters. The fourth-order valence-corrected chi connectivity index (χ4v) is 1.64. The molecule has 0 aliphatic rings. The van der Waals surface area contributed by atoms with E-state index in [4.69, 9.17) is 0 Å². The van der Waals surface area contributed by atoms with E-state index >= 15 is 0 Å². The summed E-state index contributed by atoms with van der Waals surface area (Å²) in [5, 5.41) is 25.6. The van der Waals surface area contributed by atoms with Gasteiger partial charge in [-0.1, -0.05) is 0 Å². The number of hydrogen-bond acceptors (Lipinski definition) is 8. The third-order valence-corrected chi connectivity index (χ3v) is 2.39. The number of aromatic nitrogens is 2. The number of nitro groups is 1. The molecule has 0 aliphatic carbocycles. The van der Waals surface area contributed by atoms with Gasteiger partial charge < -0.3 is 0 Å². The highest BCUT2D eigenvalue weighted by atomic mass is 32.1. The maximum absolute atomic E-state index is 10.8. The molecule has 8 nitrogen and oxygen atoms in total. The maximum atomic E-state index is 10.8. The third kappa shape index (κ3) is 1.92. The molecule has 0 spiro atoms. The predicted molar refractivity (Wildman–Crippen MR) is 66.5 cm³/mol. The molecule has 18 heavy (non-hydrogen) atoms. The summed E-state index contributed by atoms with van der Waals surface area (Å²) >= 11 is 4.54. The lowest BCUT2D eigenvalue weighted by Crippen LogP contribution is -2.15. The molecule has 0 saturated heterocycles. The summed E-state index contributed by atoms with van der Waals surface area (Å²) in [4.78, 5) is 10.3. The molecule has 1 aromatic heterocycles. The van der Waals surface area contributed by atoms with E-state index in [-0.39, 0.29) is 16.7 Å².